The van der Waals surface area contributed by atoms with Crippen molar-refractivity contribution in [1.29, 1.82) is 0 Å². The number of hydrogen-bond donors (Lipinski definition) is 0. The summed E-state index contributed by atoms with van der Waals surface area (Å²) < 4.78 is 21.3. The minimum Gasteiger partial charge on any atom is -0.292 e. The molecule has 3 nitrogen and oxygen atoms in total. The van der Waals surface area contributed by atoms with E-state index in [9.17, 15) is 13.2 Å². The summed E-state index contributed by atoms with van der Waals surface area (Å²) in [6, 6.07) is 6.14. The Morgan fingerprint density at radius 2 is 1.80 bits per heavy atom. The van der Waals surface area contributed by atoms with Crippen LogP contribution in [0.3, 0.4) is 0 Å². The maximum absolute atomic E-state index is 11.7. The highest BCUT2D eigenvalue weighted by molar-refractivity contribution is 14.1. The lowest BCUT2D eigenvalue weighted by Gasteiger charge is -2.06. The highest BCUT2D eigenvalue weighted by Crippen LogP contribution is 2.17. The number of ketones is 1. The second kappa shape index (κ2) is 4.80. The summed E-state index contributed by atoms with van der Waals surface area (Å²) >= 11 is 7.27. The first kappa shape index (κ1) is 12.9. The molecule has 0 radical (unpaired) electrons. The Bertz CT molecular complexity index is 467. The van der Waals surface area contributed by atoms with Gasteiger partial charge < -0.3 is 0 Å². The Morgan fingerprint density at radius 3 is 2.20 bits per heavy atom. The minimum atomic E-state index is -3.36. The van der Waals surface area contributed by atoms with E-state index in [1.165, 1.54) is 12.1 Å². The maximum Gasteiger partial charge on any atom is 0.190 e. The van der Waals surface area contributed by atoms with Crippen molar-refractivity contribution in [2.24, 2.45) is 0 Å². The van der Waals surface area contributed by atoms with Crippen LogP contribution in [0.2, 0.25) is 5.02 Å². The molecule has 0 aliphatic rings. The van der Waals surface area contributed by atoms with E-state index in [0.717, 1.165) is 6.26 Å². The molecule has 1 rings (SSSR count). The van der Waals surface area contributed by atoms with Crippen LogP contribution < -0.4 is 0 Å². The van der Waals surface area contributed by atoms with E-state index in [1.54, 1.807) is 34.7 Å². The summed E-state index contributed by atoms with van der Waals surface area (Å²) in [7, 11) is -3.36. The smallest absolute Gasteiger partial charge is 0.190 e. The molecule has 0 heterocycles. The van der Waals surface area contributed by atoms with Crippen molar-refractivity contribution in [1.82, 2.24) is 0 Å². The fourth-order valence-electron chi connectivity index (χ4n) is 0.940. The summed E-state index contributed by atoms with van der Waals surface area (Å²) in [4.78, 5) is 11.7. The third kappa shape index (κ3) is 3.42. The molecule has 1 aromatic rings. The summed E-state index contributed by atoms with van der Waals surface area (Å²) in [5, 5.41) is 0.510. The molecule has 6 heteroatoms. The van der Waals surface area contributed by atoms with Crippen molar-refractivity contribution in [3.05, 3.63) is 34.9 Å². The van der Waals surface area contributed by atoms with Crippen molar-refractivity contribution in [2.45, 2.75) is 3.26 Å². The normalized spacial score (nSPS) is 13.5. The molecule has 0 bridgehead atoms. The number of Topliss-reactive ketones (excluding diaryl/α,β-unsaturated/α-hetero) is 1. The van der Waals surface area contributed by atoms with E-state index in [1.807, 2.05) is 0 Å². The maximum atomic E-state index is 11.7. The van der Waals surface area contributed by atoms with E-state index in [4.69, 9.17) is 11.6 Å². The van der Waals surface area contributed by atoms with Gasteiger partial charge in [-0.1, -0.05) is 34.2 Å². The van der Waals surface area contributed by atoms with Gasteiger partial charge in [0.15, 0.2) is 18.9 Å². The quantitative estimate of drug-likeness (QED) is 0.473. The fourth-order valence-corrected chi connectivity index (χ4v) is 1.95. The van der Waals surface area contributed by atoms with Gasteiger partial charge in [0.2, 0.25) is 0 Å². The largest absolute Gasteiger partial charge is 0.292 e. The molecule has 15 heavy (non-hydrogen) atoms. The van der Waals surface area contributed by atoms with Gasteiger partial charge in [-0.3, -0.25) is 4.79 Å². The average molecular weight is 359 g/mol. The van der Waals surface area contributed by atoms with Crippen LogP contribution in [0, 0.1) is 0 Å². The second-order valence-electron chi connectivity index (χ2n) is 3.02. The van der Waals surface area contributed by atoms with Gasteiger partial charge in [-0.25, -0.2) is 8.42 Å². The summed E-state index contributed by atoms with van der Waals surface area (Å²) in [5.41, 5.74) is 0.351. The molecule has 0 fully saturated rings. The predicted octanol–water partition coefficient (Wildman–Crippen LogP) is 2.33. The summed E-state index contributed by atoms with van der Waals surface area (Å²) in [6.07, 6.45) is 1.04. The van der Waals surface area contributed by atoms with Crippen LogP contribution >= 0.6 is 34.2 Å². The number of carbonyl (C=O) groups is 1. The predicted molar refractivity (Wildman–Crippen MR) is 68.4 cm³/mol. The molecular weight excluding hydrogens is 351 g/mol. The van der Waals surface area contributed by atoms with Crippen LogP contribution in [0.5, 0.6) is 0 Å². The Labute approximate surface area is 107 Å². The number of rotatable bonds is 3. The first-order valence-electron chi connectivity index (χ1n) is 3.95. The average Bonchev–Trinajstić information content (AvgIpc) is 2.15. The summed E-state index contributed by atoms with van der Waals surface area (Å²) in [6.45, 7) is 0. The number of benzene rings is 1. The topological polar surface area (TPSA) is 51.2 Å². The Hall–Kier alpha value is -0.140. The van der Waals surface area contributed by atoms with Crippen LogP contribution in [-0.4, -0.2) is 23.7 Å². The molecule has 0 N–H and O–H groups in total. The molecule has 0 aromatic heterocycles. The number of alkyl halides is 1. The highest BCUT2D eigenvalue weighted by atomic mass is 127. The number of carbonyl (C=O) groups excluding carboxylic acids is 1. The zero-order chi connectivity index (χ0) is 11.6. The van der Waals surface area contributed by atoms with Gasteiger partial charge in [-0.2, -0.15) is 0 Å². The van der Waals surface area contributed by atoms with Crippen LogP contribution in [0.15, 0.2) is 24.3 Å². The Kier molecular flexibility index (Phi) is 4.13. The van der Waals surface area contributed by atoms with Crippen LogP contribution in [0.1, 0.15) is 10.4 Å². The molecule has 0 aliphatic heterocycles. The third-order valence-corrected chi connectivity index (χ3v) is 6.27. The molecule has 1 aromatic carbocycles. The van der Waals surface area contributed by atoms with E-state index in [-0.39, 0.29) is 0 Å². The molecular formula is C9H8ClIO3S. The van der Waals surface area contributed by atoms with Crippen molar-refractivity contribution >= 4 is 49.8 Å². The lowest BCUT2D eigenvalue weighted by molar-refractivity contribution is 0.101. The highest BCUT2D eigenvalue weighted by Gasteiger charge is 2.26. The molecule has 82 valence electrons. The third-order valence-electron chi connectivity index (χ3n) is 1.71. The first-order chi connectivity index (χ1) is 6.82. The monoisotopic (exact) mass is 358 g/mol. The fraction of sp³-hybridized carbons (Fsp3) is 0.222. The van der Waals surface area contributed by atoms with Crippen LogP contribution in [-0.2, 0) is 9.84 Å². The molecule has 0 aliphatic carbocycles. The molecule has 1 atom stereocenters. The van der Waals surface area contributed by atoms with Crippen LogP contribution in [0.25, 0.3) is 0 Å². The van der Waals surface area contributed by atoms with Crippen molar-refractivity contribution in [3.63, 3.8) is 0 Å². The number of hydrogen-bond acceptors (Lipinski definition) is 3. The van der Waals surface area contributed by atoms with Gasteiger partial charge >= 0.3 is 0 Å². The van der Waals surface area contributed by atoms with E-state index >= 15 is 0 Å². The Balaban J connectivity index is 3.01. The van der Waals surface area contributed by atoms with Gasteiger partial charge in [-0.05, 0) is 24.3 Å². The minimum absolute atomic E-state index is 0.351. The van der Waals surface area contributed by atoms with Gasteiger partial charge in [-0.15, -0.1) is 0 Å². The zero-order valence-electron chi connectivity index (χ0n) is 7.78. The number of sulfone groups is 1. The van der Waals surface area contributed by atoms with Gasteiger partial charge in [0.05, 0.1) is 0 Å². The van der Waals surface area contributed by atoms with Gasteiger partial charge in [0.1, 0.15) is 0 Å². The van der Waals surface area contributed by atoms with Crippen molar-refractivity contribution in [2.75, 3.05) is 6.26 Å². The van der Waals surface area contributed by atoms with E-state index in [2.05, 4.69) is 0 Å². The standard InChI is InChI=1S/C9H8ClIO3S/c1-15(13,14)9(11)8(12)6-2-4-7(10)5-3-6/h2-5,9H,1H3. The number of halogens is 2. The lowest BCUT2D eigenvalue weighted by Crippen LogP contribution is -2.23. The van der Waals surface area contributed by atoms with Gasteiger partial charge in [0.25, 0.3) is 0 Å². The molecule has 0 saturated heterocycles. The molecule has 0 saturated carbocycles. The Morgan fingerprint density at radius 1 is 1.33 bits per heavy atom. The summed E-state index contributed by atoms with van der Waals surface area (Å²) in [5.74, 6) is -0.422. The van der Waals surface area contributed by atoms with Crippen LogP contribution in [0.4, 0.5) is 0 Å². The van der Waals surface area contributed by atoms with E-state index < -0.39 is 18.9 Å². The molecule has 1 unspecified atom stereocenters. The zero-order valence-corrected chi connectivity index (χ0v) is 11.5. The first-order valence-corrected chi connectivity index (χ1v) is 7.53. The van der Waals surface area contributed by atoms with Crippen molar-refractivity contribution in [3.8, 4) is 0 Å². The second-order valence-corrected chi connectivity index (χ2v) is 7.67. The van der Waals surface area contributed by atoms with E-state index in [0.29, 0.717) is 10.6 Å². The van der Waals surface area contributed by atoms with Gasteiger partial charge in [0, 0.05) is 16.8 Å². The molecule has 0 amide bonds. The van der Waals surface area contributed by atoms with Crippen molar-refractivity contribution < 1.29 is 13.2 Å². The lowest BCUT2D eigenvalue weighted by atomic mass is 10.1. The molecule has 0 spiro atoms. The SMILES string of the molecule is CS(=O)(=O)C(I)C(=O)c1ccc(Cl)cc1.